The van der Waals surface area contributed by atoms with Gasteiger partial charge in [-0.3, -0.25) is 9.89 Å². The highest BCUT2D eigenvalue weighted by Gasteiger charge is 2.21. The average molecular weight is 550 g/mol. The third-order valence-corrected chi connectivity index (χ3v) is 7.57. The number of amides is 1. The Balaban J connectivity index is 1.99. The van der Waals surface area contributed by atoms with Crippen LogP contribution in [0.3, 0.4) is 0 Å². The molecule has 0 saturated carbocycles. The van der Waals surface area contributed by atoms with Crippen molar-refractivity contribution in [2.24, 2.45) is 0 Å². The summed E-state index contributed by atoms with van der Waals surface area (Å²) in [6.07, 6.45) is 0. The Bertz CT molecular complexity index is 1150. The highest BCUT2D eigenvalue weighted by Crippen LogP contribution is 2.30. The summed E-state index contributed by atoms with van der Waals surface area (Å²) < 4.78 is 32.0. The standard InChI is InChI=1S/C17H12Br2ClN3O4S/c1-27-11-6-10(21-17(24)15-14(18)16(19)23-22-15)7-13(8-11)28(25,26)12-4-2-9(20)3-5-12/h2-8H,1H3,(H,21,24)(H,22,23). The summed E-state index contributed by atoms with van der Waals surface area (Å²) in [6, 6.07) is 10.0. The normalized spacial score (nSPS) is 11.3. The van der Waals surface area contributed by atoms with Crippen LogP contribution in [-0.4, -0.2) is 31.6 Å². The lowest BCUT2D eigenvalue weighted by Crippen LogP contribution is -2.14. The molecular weight excluding hydrogens is 538 g/mol. The Hall–Kier alpha value is -1.88. The second-order valence-corrected chi connectivity index (χ2v) is 9.48. The average Bonchev–Trinajstić information content (AvgIpc) is 3.00. The maximum atomic E-state index is 12.9. The molecule has 1 amide bonds. The number of halogens is 3. The van der Waals surface area contributed by atoms with Gasteiger partial charge in [0.25, 0.3) is 5.91 Å². The van der Waals surface area contributed by atoms with Crippen molar-refractivity contribution in [1.29, 1.82) is 0 Å². The number of benzene rings is 2. The maximum Gasteiger partial charge on any atom is 0.277 e. The Morgan fingerprint density at radius 3 is 2.39 bits per heavy atom. The topological polar surface area (TPSA) is 101 Å². The number of methoxy groups -OCH3 is 1. The fraction of sp³-hybridized carbons (Fsp3) is 0.0588. The number of nitrogens with zero attached hydrogens (tertiary/aromatic N) is 1. The van der Waals surface area contributed by atoms with E-state index in [1.807, 2.05) is 0 Å². The number of ether oxygens (including phenoxy) is 1. The maximum absolute atomic E-state index is 12.9. The highest BCUT2D eigenvalue weighted by atomic mass is 79.9. The van der Waals surface area contributed by atoms with Gasteiger partial charge in [0, 0.05) is 16.8 Å². The van der Waals surface area contributed by atoms with Crippen LogP contribution in [0.15, 0.2) is 61.3 Å². The van der Waals surface area contributed by atoms with E-state index in [4.69, 9.17) is 16.3 Å². The lowest BCUT2D eigenvalue weighted by atomic mass is 10.3. The Kier molecular flexibility index (Phi) is 6.13. The largest absolute Gasteiger partial charge is 0.497 e. The molecule has 0 fully saturated rings. The molecule has 0 bridgehead atoms. The van der Waals surface area contributed by atoms with E-state index in [0.717, 1.165) is 0 Å². The molecule has 7 nitrogen and oxygen atoms in total. The summed E-state index contributed by atoms with van der Waals surface area (Å²) in [6.45, 7) is 0. The van der Waals surface area contributed by atoms with E-state index in [1.165, 1.54) is 49.6 Å². The van der Waals surface area contributed by atoms with E-state index >= 15 is 0 Å². The molecule has 0 unspecified atom stereocenters. The van der Waals surface area contributed by atoms with Crippen molar-refractivity contribution in [2.45, 2.75) is 9.79 Å². The van der Waals surface area contributed by atoms with Crippen LogP contribution < -0.4 is 10.1 Å². The first-order chi connectivity index (χ1) is 13.2. The number of hydrogen-bond acceptors (Lipinski definition) is 5. The molecule has 2 N–H and O–H groups in total. The first-order valence-corrected chi connectivity index (χ1v) is 11.1. The Morgan fingerprint density at radius 1 is 1.14 bits per heavy atom. The Labute approximate surface area is 182 Å². The van der Waals surface area contributed by atoms with Crippen molar-refractivity contribution >= 4 is 64.9 Å². The van der Waals surface area contributed by atoms with Crippen LogP contribution in [0.5, 0.6) is 5.75 Å². The highest BCUT2D eigenvalue weighted by molar-refractivity contribution is 9.13. The molecule has 0 saturated heterocycles. The third-order valence-electron chi connectivity index (χ3n) is 3.69. The molecule has 3 aromatic rings. The molecule has 0 aliphatic carbocycles. The predicted molar refractivity (Wildman–Crippen MR) is 112 cm³/mol. The van der Waals surface area contributed by atoms with E-state index in [1.54, 1.807) is 0 Å². The third kappa shape index (κ3) is 4.24. The zero-order chi connectivity index (χ0) is 20.5. The fourth-order valence-corrected chi connectivity index (χ4v) is 4.39. The summed E-state index contributed by atoms with van der Waals surface area (Å²) in [5.41, 5.74) is 0.347. The number of sulfone groups is 1. The van der Waals surface area contributed by atoms with E-state index in [9.17, 15) is 13.2 Å². The van der Waals surface area contributed by atoms with Gasteiger partial charge in [-0.15, -0.1) is 0 Å². The quantitative estimate of drug-likeness (QED) is 0.481. The summed E-state index contributed by atoms with van der Waals surface area (Å²) in [5, 5.41) is 9.55. The molecule has 0 atom stereocenters. The monoisotopic (exact) mass is 547 g/mol. The minimum atomic E-state index is -3.84. The van der Waals surface area contributed by atoms with Crippen LogP contribution >= 0.6 is 43.5 Å². The first kappa shape index (κ1) is 20.8. The molecule has 28 heavy (non-hydrogen) atoms. The number of carbonyl (C=O) groups is 1. The lowest BCUT2D eigenvalue weighted by molar-refractivity contribution is 0.102. The summed E-state index contributed by atoms with van der Waals surface area (Å²) in [7, 11) is -2.44. The summed E-state index contributed by atoms with van der Waals surface area (Å²) in [4.78, 5) is 12.5. The van der Waals surface area contributed by atoms with Crippen LogP contribution in [0.25, 0.3) is 0 Å². The lowest BCUT2D eigenvalue weighted by Gasteiger charge is -2.11. The van der Waals surface area contributed by atoms with Crippen molar-refractivity contribution in [3.63, 3.8) is 0 Å². The van der Waals surface area contributed by atoms with Crippen LogP contribution in [-0.2, 0) is 9.84 Å². The van der Waals surface area contributed by atoms with Gasteiger partial charge in [0.1, 0.15) is 10.4 Å². The number of aromatic amines is 1. The zero-order valence-electron chi connectivity index (χ0n) is 14.2. The van der Waals surface area contributed by atoms with Gasteiger partial charge in [-0.1, -0.05) is 11.6 Å². The van der Waals surface area contributed by atoms with Crippen molar-refractivity contribution < 1.29 is 17.9 Å². The molecule has 3 rings (SSSR count). The molecule has 11 heteroatoms. The van der Waals surface area contributed by atoms with Crippen molar-refractivity contribution in [2.75, 3.05) is 12.4 Å². The second kappa shape index (κ2) is 8.24. The van der Waals surface area contributed by atoms with Gasteiger partial charge in [0.05, 0.1) is 21.4 Å². The van der Waals surface area contributed by atoms with Crippen LogP contribution in [0.1, 0.15) is 10.5 Å². The summed E-state index contributed by atoms with van der Waals surface area (Å²) in [5.74, 6) is -0.260. The summed E-state index contributed by atoms with van der Waals surface area (Å²) >= 11 is 12.3. The van der Waals surface area contributed by atoms with E-state index in [0.29, 0.717) is 14.1 Å². The minimum Gasteiger partial charge on any atom is -0.497 e. The molecule has 0 aliphatic heterocycles. The fourth-order valence-electron chi connectivity index (χ4n) is 2.31. The minimum absolute atomic E-state index is 0.0354. The molecule has 0 aliphatic rings. The molecule has 1 heterocycles. The van der Waals surface area contributed by atoms with E-state index in [-0.39, 0.29) is 26.9 Å². The smallest absolute Gasteiger partial charge is 0.277 e. The van der Waals surface area contributed by atoms with E-state index < -0.39 is 15.7 Å². The van der Waals surface area contributed by atoms with Gasteiger partial charge in [-0.25, -0.2) is 8.42 Å². The SMILES string of the molecule is COc1cc(NC(=O)c2n[nH]c(Br)c2Br)cc(S(=O)(=O)c2ccc(Cl)cc2)c1. The molecule has 2 aromatic carbocycles. The van der Waals surface area contributed by atoms with Gasteiger partial charge in [-0.05, 0) is 68.3 Å². The van der Waals surface area contributed by atoms with Crippen molar-refractivity contribution in [3.05, 3.63) is 62.3 Å². The first-order valence-electron chi connectivity index (χ1n) is 7.63. The Morgan fingerprint density at radius 2 is 1.82 bits per heavy atom. The number of anilines is 1. The number of H-pyrrole nitrogens is 1. The van der Waals surface area contributed by atoms with Gasteiger partial charge in [0.2, 0.25) is 9.84 Å². The molecule has 1 aromatic heterocycles. The molecule has 0 radical (unpaired) electrons. The van der Waals surface area contributed by atoms with Gasteiger partial charge in [-0.2, -0.15) is 5.10 Å². The second-order valence-electron chi connectivity index (χ2n) is 5.51. The van der Waals surface area contributed by atoms with Gasteiger partial charge in [0.15, 0.2) is 5.69 Å². The zero-order valence-corrected chi connectivity index (χ0v) is 18.9. The van der Waals surface area contributed by atoms with Crippen molar-refractivity contribution in [1.82, 2.24) is 10.2 Å². The number of aromatic nitrogens is 2. The number of hydrogen-bond donors (Lipinski definition) is 2. The predicted octanol–water partition coefficient (Wildman–Crippen LogP) is 4.68. The van der Waals surface area contributed by atoms with E-state index in [2.05, 4.69) is 47.4 Å². The number of rotatable bonds is 5. The molecular formula is C17H12Br2ClN3O4S. The van der Waals surface area contributed by atoms with Gasteiger partial charge >= 0.3 is 0 Å². The molecule has 146 valence electrons. The van der Waals surface area contributed by atoms with Crippen molar-refractivity contribution in [3.8, 4) is 5.75 Å². The number of carbonyl (C=O) groups excluding carboxylic acids is 1. The van der Waals surface area contributed by atoms with Crippen LogP contribution in [0, 0.1) is 0 Å². The molecule has 0 spiro atoms. The van der Waals surface area contributed by atoms with Gasteiger partial charge < -0.3 is 10.1 Å². The number of nitrogens with one attached hydrogen (secondary N) is 2. The van der Waals surface area contributed by atoms with Crippen LogP contribution in [0.4, 0.5) is 5.69 Å². The van der Waals surface area contributed by atoms with Crippen LogP contribution in [0.2, 0.25) is 5.02 Å².